The lowest BCUT2D eigenvalue weighted by atomic mass is 10.0. The average molecular weight is 392 g/mol. The van der Waals surface area contributed by atoms with E-state index >= 15 is 0 Å². The van der Waals surface area contributed by atoms with Gasteiger partial charge in [0.25, 0.3) is 15.9 Å². The van der Waals surface area contributed by atoms with Gasteiger partial charge >= 0.3 is 0 Å². The minimum atomic E-state index is -3.76. The zero-order valence-corrected chi connectivity index (χ0v) is 16.1. The summed E-state index contributed by atoms with van der Waals surface area (Å²) in [6, 6.07) is 12.2. The number of carbonyl (C=O) groups excluding carboxylic acids is 1. The molecule has 0 radical (unpaired) electrons. The largest absolute Gasteiger partial charge is 0.438 e. The van der Waals surface area contributed by atoms with E-state index in [9.17, 15) is 13.2 Å². The SMILES string of the molecule is CCCC(NC(=O)c1ccc(S(=O)(=O)N2CCOCC2)o1)c1ccccc1. The van der Waals surface area contributed by atoms with E-state index in [1.54, 1.807) is 0 Å². The molecule has 1 aromatic carbocycles. The van der Waals surface area contributed by atoms with Crippen LogP contribution in [0.2, 0.25) is 0 Å². The Morgan fingerprint density at radius 3 is 2.52 bits per heavy atom. The molecule has 1 unspecified atom stereocenters. The van der Waals surface area contributed by atoms with Crippen LogP contribution in [0.25, 0.3) is 0 Å². The number of rotatable bonds is 7. The van der Waals surface area contributed by atoms with Crippen molar-refractivity contribution >= 4 is 15.9 Å². The van der Waals surface area contributed by atoms with Gasteiger partial charge in [0.15, 0.2) is 5.76 Å². The Bertz CT molecular complexity index is 857. The Morgan fingerprint density at radius 1 is 1.15 bits per heavy atom. The molecule has 0 bridgehead atoms. The van der Waals surface area contributed by atoms with Gasteiger partial charge in [-0.3, -0.25) is 4.79 Å². The quantitative estimate of drug-likeness (QED) is 0.782. The first-order chi connectivity index (χ1) is 13.0. The van der Waals surface area contributed by atoms with Gasteiger partial charge in [-0.1, -0.05) is 43.7 Å². The van der Waals surface area contributed by atoms with Crippen molar-refractivity contribution in [3.05, 3.63) is 53.8 Å². The first-order valence-corrected chi connectivity index (χ1v) is 10.5. The zero-order valence-electron chi connectivity index (χ0n) is 15.3. The highest BCUT2D eigenvalue weighted by Crippen LogP contribution is 2.22. The van der Waals surface area contributed by atoms with Crippen LogP contribution in [0.15, 0.2) is 52.0 Å². The Hall–Kier alpha value is -2.16. The molecule has 1 N–H and O–H groups in total. The van der Waals surface area contributed by atoms with Crippen LogP contribution in [0.3, 0.4) is 0 Å². The second-order valence-corrected chi connectivity index (χ2v) is 8.23. The molecule has 1 fully saturated rings. The molecule has 1 aliphatic heterocycles. The van der Waals surface area contributed by atoms with Gasteiger partial charge in [-0.2, -0.15) is 4.31 Å². The molecule has 1 saturated heterocycles. The second-order valence-electron chi connectivity index (χ2n) is 6.36. The molecular weight excluding hydrogens is 368 g/mol. The van der Waals surface area contributed by atoms with Gasteiger partial charge in [-0.25, -0.2) is 8.42 Å². The normalized spacial score (nSPS) is 16.8. The summed E-state index contributed by atoms with van der Waals surface area (Å²) in [6.07, 6.45) is 1.67. The van der Waals surface area contributed by atoms with Gasteiger partial charge in [0.1, 0.15) is 0 Å². The fraction of sp³-hybridized carbons (Fsp3) is 0.421. The molecule has 0 saturated carbocycles. The molecular formula is C19H24N2O5S. The van der Waals surface area contributed by atoms with E-state index < -0.39 is 15.9 Å². The molecule has 7 nitrogen and oxygen atoms in total. The van der Waals surface area contributed by atoms with Gasteiger partial charge in [0, 0.05) is 13.1 Å². The third-order valence-corrected chi connectivity index (χ3v) is 6.23. The second kappa shape index (κ2) is 8.69. The van der Waals surface area contributed by atoms with Crippen molar-refractivity contribution in [2.24, 2.45) is 0 Å². The summed E-state index contributed by atoms with van der Waals surface area (Å²) in [6.45, 7) is 3.29. The van der Waals surface area contributed by atoms with Crippen LogP contribution in [0, 0.1) is 0 Å². The molecule has 3 rings (SSSR count). The minimum absolute atomic E-state index is 0.0149. The first kappa shape index (κ1) is 19.6. The third-order valence-electron chi connectivity index (χ3n) is 4.45. The number of hydrogen-bond acceptors (Lipinski definition) is 5. The lowest BCUT2D eigenvalue weighted by molar-refractivity contribution is 0.0722. The molecule has 1 atom stereocenters. The lowest BCUT2D eigenvalue weighted by Crippen LogP contribution is -2.40. The first-order valence-electron chi connectivity index (χ1n) is 9.06. The van der Waals surface area contributed by atoms with Crippen molar-refractivity contribution in [2.45, 2.75) is 30.9 Å². The number of amides is 1. The van der Waals surface area contributed by atoms with Crippen LogP contribution in [-0.2, 0) is 14.8 Å². The number of carbonyl (C=O) groups is 1. The maximum atomic E-state index is 12.6. The van der Waals surface area contributed by atoms with Crippen LogP contribution < -0.4 is 5.32 Å². The topological polar surface area (TPSA) is 88.9 Å². The number of nitrogens with one attached hydrogen (secondary N) is 1. The van der Waals surface area contributed by atoms with E-state index in [2.05, 4.69) is 5.32 Å². The standard InChI is InChI=1S/C19H24N2O5S/c1-2-6-16(15-7-4-3-5-8-15)20-19(22)17-9-10-18(26-17)27(23,24)21-11-13-25-14-12-21/h3-5,7-10,16H,2,6,11-14H2,1H3,(H,20,22). The fourth-order valence-corrected chi connectivity index (χ4v) is 4.34. The summed E-state index contributed by atoms with van der Waals surface area (Å²) in [5, 5.41) is 2.71. The van der Waals surface area contributed by atoms with Crippen molar-refractivity contribution in [2.75, 3.05) is 26.3 Å². The van der Waals surface area contributed by atoms with Crippen LogP contribution in [0.1, 0.15) is 41.9 Å². The molecule has 1 amide bonds. The summed E-state index contributed by atoms with van der Waals surface area (Å²) in [4.78, 5) is 12.6. The predicted octanol–water partition coefficient (Wildman–Crippen LogP) is 2.57. The Balaban J connectivity index is 1.74. The smallest absolute Gasteiger partial charge is 0.287 e. The Labute approximate surface area is 159 Å². The van der Waals surface area contributed by atoms with E-state index in [1.807, 2.05) is 37.3 Å². The van der Waals surface area contributed by atoms with E-state index in [1.165, 1.54) is 16.4 Å². The van der Waals surface area contributed by atoms with Gasteiger partial charge in [-0.15, -0.1) is 0 Å². The molecule has 146 valence electrons. The summed E-state index contributed by atoms with van der Waals surface area (Å²) < 4.78 is 37.1. The monoisotopic (exact) mass is 392 g/mol. The van der Waals surface area contributed by atoms with Gasteiger partial charge < -0.3 is 14.5 Å². The number of hydrogen-bond donors (Lipinski definition) is 1. The van der Waals surface area contributed by atoms with Crippen LogP contribution in [-0.4, -0.2) is 44.9 Å². The zero-order chi connectivity index (χ0) is 19.3. The minimum Gasteiger partial charge on any atom is -0.438 e. The molecule has 8 heteroatoms. The van der Waals surface area contributed by atoms with E-state index in [0.29, 0.717) is 13.2 Å². The van der Waals surface area contributed by atoms with E-state index in [0.717, 1.165) is 18.4 Å². The van der Waals surface area contributed by atoms with Crippen LogP contribution in [0.5, 0.6) is 0 Å². The number of nitrogens with zero attached hydrogens (tertiary/aromatic N) is 1. The number of morpholine rings is 1. The van der Waals surface area contributed by atoms with Gasteiger partial charge in [-0.05, 0) is 24.1 Å². The van der Waals surface area contributed by atoms with Crippen LogP contribution in [0.4, 0.5) is 0 Å². The summed E-state index contributed by atoms with van der Waals surface area (Å²) in [5.74, 6) is -0.445. The number of furan rings is 1. The Morgan fingerprint density at radius 2 is 1.85 bits per heavy atom. The highest BCUT2D eigenvalue weighted by molar-refractivity contribution is 7.89. The highest BCUT2D eigenvalue weighted by atomic mass is 32.2. The maximum Gasteiger partial charge on any atom is 0.287 e. The van der Waals surface area contributed by atoms with Crippen molar-refractivity contribution in [1.29, 1.82) is 0 Å². The molecule has 2 aromatic rings. The maximum absolute atomic E-state index is 12.6. The number of ether oxygens (including phenoxy) is 1. The van der Waals surface area contributed by atoms with Gasteiger partial charge in [0.2, 0.25) is 5.09 Å². The van der Waals surface area contributed by atoms with Crippen molar-refractivity contribution in [1.82, 2.24) is 9.62 Å². The number of benzene rings is 1. The summed E-state index contributed by atoms with van der Waals surface area (Å²) in [7, 11) is -3.76. The third kappa shape index (κ3) is 4.58. The summed E-state index contributed by atoms with van der Waals surface area (Å²) in [5.41, 5.74) is 1.00. The molecule has 1 aliphatic rings. The van der Waals surface area contributed by atoms with Crippen molar-refractivity contribution in [3.8, 4) is 0 Å². The average Bonchev–Trinajstić information content (AvgIpc) is 3.20. The summed E-state index contributed by atoms with van der Waals surface area (Å²) >= 11 is 0. The van der Waals surface area contributed by atoms with Crippen LogP contribution >= 0.6 is 0 Å². The van der Waals surface area contributed by atoms with Crippen molar-refractivity contribution in [3.63, 3.8) is 0 Å². The molecule has 0 aliphatic carbocycles. The lowest BCUT2D eigenvalue weighted by Gasteiger charge is -2.24. The van der Waals surface area contributed by atoms with E-state index in [-0.39, 0.29) is 30.0 Å². The predicted molar refractivity (Wildman–Crippen MR) is 99.8 cm³/mol. The van der Waals surface area contributed by atoms with Crippen molar-refractivity contribution < 1.29 is 22.4 Å². The molecule has 27 heavy (non-hydrogen) atoms. The molecule has 2 heterocycles. The highest BCUT2D eigenvalue weighted by Gasteiger charge is 2.30. The Kier molecular flexibility index (Phi) is 6.30. The molecule has 1 aromatic heterocycles. The van der Waals surface area contributed by atoms with Gasteiger partial charge in [0.05, 0.1) is 19.3 Å². The number of sulfonamides is 1. The fourth-order valence-electron chi connectivity index (χ4n) is 3.02. The molecule has 0 spiro atoms. The van der Waals surface area contributed by atoms with E-state index in [4.69, 9.17) is 9.15 Å².